The van der Waals surface area contributed by atoms with Crippen LogP contribution in [0.1, 0.15) is 24.5 Å². The maximum absolute atomic E-state index is 8.89. The van der Waals surface area contributed by atoms with Gasteiger partial charge in [0.15, 0.2) is 0 Å². The standard InChI is InChI=1S/C24H29ClN4O/c25-21-8-6-19(7-9-21)23-18-24(29(27-23)22-4-2-1-3-5-22)20-10-14-28(15-11-20)16-12-26-13-17-30/h1-9,18,20,26,30H,10-17H2. The molecule has 2 aromatic carbocycles. The molecule has 0 aliphatic carbocycles. The summed E-state index contributed by atoms with van der Waals surface area (Å²) in [4.78, 5) is 2.50. The van der Waals surface area contributed by atoms with E-state index in [9.17, 15) is 0 Å². The lowest BCUT2D eigenvalue weighted by atomic mass is 9.92. The second-order valence-corrected chi connectivity index (χ2v) is 8.23. The largest absolute Gasteiger partial charge is 0.395 e. The molecule has 30 heavy (non-hydrogen) atoms. The van der Waals surface area contributed by atoms with E-state index in [4.69, 9.17) is 21.8 Å². The maximum Gasteiger partial charge on any atom is 0.0930 e. The molecule has 5 nitrogen and oxygen atoms in total. The number of para-hydroxylation sites is 1. The number of rotatable bonds is 8. The molecule has 0 amide bonds. The molecule has 0 unspecified atom stereocenters. The summed E-state index contributed by atoms with van der Waals surface area (Å²) in [6.07, 6.45) is 2.25. The highest BCUT2D eigenvalue weighted by molar-refractivity contribution is 6.30. The van der Waals surface area contributed by atoms with Crippen LogP contribution in [0.4, 0.5) is 0 Å². The van der Waals surface area contributed by atoms with Gasteiger partial charge in [0.2, 0.25) is 0 Å². The number of piperidine rings is 1. The molecule has 2 N–H and O–H groups in total. The van der Waals surface area contributed by atoms with E-state index in [0.717, 1.165) is 61.0 Å². The predicted molar refractivity (Wildman–Crippen MR) is 122 cm³/mol. The molecule has 0 bridgehead atoms. The predicted octanol–water partition coefficient (Wildman–Crippen LogP) is 3.95. The van der Waals surface area contributed by atoms with Crippen LogP contribution in [-0.4, -0.2) is 59.1 Å². The smallest absolute Gasteiger partial charge is 0.0930 e. The zero-order chi connectivity index (χ0) is 20.8. The third-order valence-corrected chi connectivity index (χ3v) is 6.03. The molecule has 0 radical (unpaired) electrons. The van der Waals surface area contributed by atoms with Crippen LogP contribution in [0.3, 0.4) is 0 Å². The number of aromatic nitrogens is 2. The number of nitrogens with zero attached hydrogens (tertiary/aromatic N) is 3. The van der Waals surface area contributed by atoms with E-state index >= 15 is 0 Å². The number of likely N-dealkylation sites (tertiary alicyclic amines) is 1. The summed E-state index contributed by atoms with van der Waals surface area (Å²) >= 11 is 6.07. The van der Waals surface area contributed by atoms with Crippen molar-refractivity contribution in [3.05, 3.63) is 71.4 Å². The minimum absolute atomic E-state index is 0.196. The summed E-state index contributed by atoms with van der Waals surface area (Å²) in [6, 6.07) is 20.5. The number of halogens is 1. The first kappa shape index (κ1) is 21.1. The molecule has 3 aromatic rings. The Balaban J connectivity index is 1.53. The molecule has 6 heteroatoms. The van der Waals surface area contributed by atoms with Crippen LogP contribution in [0.5, 0.6) is 0 Å². The van der Waals surface area contributed by atoms with Crippen molar-refractivity contribution >= 4 is 11.6 Å². The summed E-state index contributed by atoms with van der Waals surface area (Å²) in [5, 5.41) is 17.9. The second-order valence-electron chi connectivity index (χ2n) is 7.80. The van der Waals surface area contributed by atoms with E-state index in [1.54, 1.807) is 0 Å². The van der Waals surface area contributed by atoms with E-state index in [1.165, 1.54) is 5.69 Å². The first-order chi connectivity index (χ1) is 14.7. The number of hydrogen-bond donors (Lipinski definition) is 2. The van der Waals surface area contributed by atoms with Crippen LogP contribution in [0.25, 0.3) is 16.9 Å². The topological polar surface area (TPSA) is 53.3 Å². The molecule has 0 atom stereocenters. The fraction of sp³-hybridized carbons (Fsp3) is 0.375. The molecule has 1 saturated heterocycles. The molecule has 158 valence electrons. The van der Waals surface area contributed by atoms with Crippen molar-refractivity contribution in [3.63, 3.8) is 0 Å². The van der Waals surface area contributed by atoms with E-state index in [0.29, 0.717) is 12.5 Å². The van der Waals surface area contributed by atoms with Crippen molar-refractivity contribution in [2.75, 3.05) is 39.3 Å². The number of aliphatic hydroxyl groups excluding tert-OH is 1. The lowest BCUT2D eigenvalue weighted by molar-refractivity contribution is 0.207. The zero-order valence-electron chi connectivity index (χ0n) is 17.2. The Labute approximate surface area is 183 Å². The molecular weight excluding hydrogens is 396 g/mol. The number of aliphatic hydroxyl groups is 1. The molecule has 1 aliphatic rings. The van der Waals surface area contributed by atoms with Crippen LogP contribution in [0.2, 0.25) is 5.02 Å². The van der Waals surface area contributed by atoms with Gasteiger partial charge in [0.1, 0.15) is 0 Å². The van der Waals surface area contributed by atoms with Crippen molar-refractivity contribution in [1.29, 1.82) is 0 Å². The van der Waals surface area contributed by atoms with Crippen molar-refractivity contribution < 1.29 is 5.11 Å². The van der Waals surface area contributed by atoms with Gasteiger partial charge >= 0.3 is 0 Å². The number of benzene rings is 2. The van der Waals surface area contributed by atoms with Crippen molar-refractivity contribution in [1.82, 2.24) is 20.0 Å². The van der Waals surface area contributed by atoms with Crippen LogP contribution in [0, 0.1) is 0 Å². The van der Waals surface area contributed by atoms with E-state index < -0.39 is 0 Å². The van der Waals surface area contributed by atoms with Crippen molar-refractivity contribution in [2.24, 2.45) is 0 Å². The first-order valence-electron chi connectivity index (χ1n) is 10.7. The molecular formula is C24H29ClN4O. The van der Waals surface area contributed by atoms with Gasteiger partial charge in [0.05, 0.1) is 18.0 Å². The van der Waals surface area contributed by atoms with Gasteiger partial charge in [-0.1, -0.05) is 41.9 Å². The number of nitrogens with one attached hydrogen (secondary N) is 1. The molecule has 1 fully saturated rings. The van der Waals surface area contributed by atoms with Gasteiger partial charge in [-0.25, -0.2) is 4.68 Å². The molecule has 1 aromatic heterocycles. The summed E-state index contributed by atoms with van der Waals surface area (Å²) in [5.41, 5.74) is 4.46. The van der Waals surface area contributed by atoms with Gasteiger partial charge in [0.25, 0.3) is 0 Å². The van der Waals surface area contributed by atoms with Gasteiger partial charge in [-0.15, -0.1) is 0 Å². The summed E-state index contributed by atoms with van der Waals surface area (Å²) in [5.74, 6) is 0.486. The van der Waals surface area contributed by atoms with E-state index in [2.05, 4.69) is 45.2 Å². The third-order valence-electron chi connectivity index (χ3n) is 5.78. The minimum atomic E-state index is 0.196. The van der Waals surface area contributed by atoms with Crippen LogP contribution in [-0.2, 0) is 0 Å². The minimum Gasteiger partial charge on any atom is -0.395 e. The highest BCUT2D eigenvalue weighted by atomic mass is 35.5. The van der Waals surface area contributed by atoms with Crippen molar-refractivity contribution in [2.45, 2.75) is 18.8 Å². The van der Waals surface area contributed by atoms with Crippen LogP contribution < -0.4 is 5.32 Å². The van der Waals surface area contributed by atoms with Gasteiger partial charge < -0.3 is 15.3 Å². The Hall–Kier alpha value is -2.18. The van der Waals surface area contributed by atoms with Gasteiger partial charge in [-0.2, -0.15) is 5.10 Å². The Morgan fingerprint density at radius 1 is 1.00 bits per heavy atom. The summed E-state index contributed by atoms with van der Waals surface area (Å²) in [7, 11) is 0. The van der Waals surface area contributed by atoms with Gasteiger partial charge in [-0.05, 0) is 56.3 Å². The molecule has 0 saturated carbocycles. The fourth-order valence-corrected chi connectivity index (χ4v) is 4.24. The van der Waals surface area contributed by atoms with E-state index in [-0.39, 0.29) is 6.61 Å². The maximum atomic E-state index is 8.89. The first-order valence-corrected chi connectivity index (χ1v) is 11.1. The molecule has 1 aliphatic heterocycles. The average molecular weight is 425 g/mol. The van der Waals surface area contributed by atoms with Gasteiger partial charge in [0, 0.05) is 41.8 Å². The lowest BCUT2D eigenvalue weighted by Gasteiger charge is -2.32. The zero-order valence-corrected chi connectivity index (χ0v) is 17.9. The Kier molecular flexibility index (Phi) is 7.18. The quantitative estimate of drug-likeness (QED) is 0.537. The molecule has 2 heterocycles. The third kappa shape index (κ3) is 5.10. The summed E-state index contributed by atoms with van der Waals surface area (Å²) < 4.78 is 2.12. The Morgan fingerprint density at radius 2 is 1.73 bits per heavy atom. The van der Waals surface area contributed by atoms with Crippen LogP contribution in [0.15, 0.2) is 60.7 Å². The highest BCUT2D eigenvalue weighted by Crippen LogP contribution is 2.33. The molecule has 4 rings (SSSR count). The highest BCUT2D eigenvalue weighted by Gasteiger charge is 2.25. The average Bonchev–Trinajstić information content (AvgIpc) is 3.24. The normalized spacial score (nSPS) is 15.5. The number of hydrogen-bond acceptors (Lipinski definition) is 4. The molecule has 0 spiro atoms. The second kappa shape index (κ2) is 10.2. The Bertz CT molecular complexity index is 918. The monoisotopic (exact) mass is 424 g/mol. The van der Waals surface area contributed by atoms with Crippen LogP contribution >= 0.6 is 11.6 Å². The SMILES string of the molecule is OCCNCCN1CCC(c2cc(-c3ccc(Cl)cc3)nn2-c2ccccc2)CC1. The fourth-order valence-electron chi connectivity index (χ4n) is 4.12. The summed E-state index contributed by atoms with van der Waals surface area (Å²) in [6.45, 7) is 4.99. The van der Waals surface area contributed by atoms with Crippen molar-refractivity contribution in [3.8, 4) is 16.9 Å². The van der Waals surface area contributed by atoms with E-state index in [1.807, 2.05) is 30.3 Å². The van der Waals surface area contributed by atoms with Gasteiger partial charge in [-0.3, -0.25) is 0 Å². The lowest BCUT2D eigenvalue weighted by Crippen LogP contribution is -2.38. The Morgan fingerprint density at radius 3 is 2.43 bits per heavy atom.